The van der Waals surface area contributed by atoms with Gasteiger partial charge in [0.1, 0.15) is 18.1 Å². The van der Waals surface area contributed by atoms with Gasteiger partial charge in [0, 0.05) is 57.7 Å². The predicted molar refractivity (Wildman–Crippen MR) is 159 cm³/mol. The maximum Gasteiger partial charge on any atom is 0.414 e. The number of anilines is 1. The average molecular weight is 602 g/mol. The molecule has 0 spiro atoms. The summed E-state index contributed by atoms with van der Waals surface area (Å²) in [5, 5.41) is 9.66. The number of halogens is 2. The number of likely N-dealkylation sites (N-methyl/N-ethyl adjacent to an activating group) is 1. The molecule has 0 bridgehead atoms. The Kier molecular flexibility index (Phi) is 12.3. The first-order valence-corrected chi connectivity index (χ1v) is 13.8. The minimum atomic E-state index is -0.786. The second kappa shape index (κ2) is 15.9. The van der Waals surface area contributed by atoms with E-state index in [0.717, 1.165) is 18.7 Å². The number of amides is 3. The third-order valence-electron chi connectivity index (χ3n) is 6.95. The van der Waals surface area contributed by atoms with E-state index in [1.165, 1.54) is 11.0 Å². The third-order valence-corrected chi connectivity index (χ3v) is 7.38. The second-order valence-electron chi connectivity index (χ2n) is 9.71. The molecule has 3 amide bonds. The summed E-state index contributed by atoms with van der Waals surface area (Å²) in [4.78, 5) is 41.7. The lowest BCUT2D eigenvalue weighted by Crippen LogP contribution is -2.47. The number of carbonyl (C=O) groups excluding carboxylic acids is 3. The largest absolute Gasteiger partial charge is 0.447 e. The summed E-state index contributed by atoms with van der Waals surface area (Å²) in [5.74, 6) is -0.716. The number of ether oxygens (including phenoxy) is 1. The Morgan fingerprint density at radius 3 is 2.62 bits per heavy atom. The Balaban J connectivity index is 0.00000484. The first-order chi connectivity index (χ1) is 19.8. The van der Waals surface area contributed by atoms with Crippen LogP contribution in [-0.2, 0) is 20.7 Å². The minimum absolute atomic E-state index is 0. The maximum atomic E-state index is 13.8. The average Bonchev–Trinajstić information content (AvgIpc) is 3.46. The van der Waals surface area contributed by atoms with Crippen LogP contribution in [0.15, 0.2) is 59.1 Å². The van der Waals surface area contributed by atoms with Crippen molar-refractivity contribution in [3.8, 4) is 11.3 Å². The first kappa shape index (κ1) is 32.6. The van der Waals surface area contributed by atoms with Crippen LogP contribution in [0.2, 0.25) is 5.02 Å². The van der Waals surface area contributed by atoms with Gasteiger partial charge >= 0.3 is 6.09 Å². The molecular weight excluding hydrogens is 565 g/mol. The first-order valence-electron chi connectivity index (χ1n) is 13.4. The normalized spacial score (nSPS) is 13.5. The molecule has 1 aromatic heterocycles. The van der Waals surface area contributed by atoms with Gasteiger partial charge in [-0.25, -0.2) is 9.18 Å². The van der Waals surface area contributed by atoms with Gasteiger partial charge in [-0.3, -0.25) is 14.9 Å². The summed E-state index contributed by atoms with van der Waals surface area (Å²) in [7, 11) is 1.60. The molecule has 0 saturated carbocycles. The zero-order valence-corrected chi connectivity index (χ0v) is 23.5. The molecule has 4 rings (SSSR count). The van der Waals surface area contributed by atoms with Crippen LogP contribution in [0.1, 0.15) is 32.3 Å². The minimum Gasteiger partial charge on any atom is -0.447 e. The lowest BCUT2D eigenvalue weighted by molar-refractivity contribution is -0.135. The number of hydrogen-bond donors (Lipinski definition) is 2. The number of nitrogens with one attached hydrogen (secondary N) is 2. The Bertz CT molecular complexity index is 1330. The quantitative estimate of drug-likeness (QED) is 0.318. The Hall–Kier alpha value is -3.96. The van der Waals surface area contributed by atoms with Crippen molar-refractivity contribution in [2.75, 3.05) is 45.2 Å². The van der Waals surface area contributed by atoms with E-state index in [-0.39, 0.29) is 56.0 Å². The second-order valence-corrected chi connectivity index (χ2v) is 10.1. The zero-order valence-electron chi connectivity index (χ0n) is 22.8. The fourth-order valence-corrected chi connectivity index (χ4v) is 4.72. The molecule has 42 heavy (non-hydrogen) atoms. The lowest BCUT2D eigenvalue weighted by Gasteiger charge is -2.30. The van der Waals surface area contributed by atoms with Gasteiger partial charge in [0.25, 0.3) is 0 Å². The Labute approximate surface area is 250 Å². The van der Waals surface area contributed by atoms with Crippen molar-refractivity contribution in [1.82, 2.24) is 20.3 Å². The van der Waals surface area contributed by atoms with E-state index in [2.05, 4.69) is 15.8 Å². The molecule has 10 nitrogen and oxygen atoms in total. The molecule has 1 saturated heterocycles. The van der Waals surface area contributed by atoms with E-state index in [1.54, 1.807) is 30.1 Å². The van der Waals surface area contributed by atoms with Crippen LogP contribution < -0.4 is 10.6 Å². The van der Waals surface area contributed by atoms with Gasteiger partial charge in [-0.05, 0) is 24.5 Å². The number of benzene rings is 2. The van der Waals surface area contributed by atoms with Crippen LogP contribution in [0, 0.1) is 5.82 Å². The molecule has 1 atom stereocenters. The highest BCUT2D eigenvalue weighted by Gasteiger charge is 2.25. The molecule has 226 valence electrons. The van der Waals surface area contributed by atoms with Crippen molar-refractivity contribution < 1.29 is 28.0 Å². The summed E-state index contributed by atoms with van der Waals surface area (Å²) in [5.41, 5.74) is 1.90. The Morgan fingerprint density at radius 1 is 1.14 bits per heavy atom. The van der Waals surface area contributed by atoms with Gasteiger partial charge in [0.15, 0.2) is 0 Å². The summed E-state index contributed by atoms with van der Waals surface area (Å²) in [6, 6.07) is 14.8. The van der Waals surface area contributed by atoms with Crippen molar-refractivity contribution in [2.24, 2.45) is 0 Å². The number of hydrogen-bond acceptors (Lipinski definition) is 7. The summed E-state index contributed by atoms with van der Waals surface area (Å²) >= 11 is 6.04. The van der Waals surface area contributed by atoms with Gasteiger partial charge in [0.05, 0.1) is 11.1 Å². The number of aromatic nitrogens is 1. The van der Waals surface area contributed by atoms with Gasteiger partial charge in [-0.15, -0.1) is 0 Å². The van der Waals surface area contributed by atoms with Crippen molar-refractivity contribution in [3.05, 3.63) is 71.0 Å². The van der Waals surface area contributed by atoms with Gasteiger partial charge in [-0.2, -0.15) is 0 Å². The molecule has 2 heterocycles. The monoisotopic (exact) mass is 601 g/mol. The van der Waals surface area contributed by atoms with E-state index >= 15 is 0 Å². The van der Waals surface area contributed by atoms with Crippen LogP contribution in [0.25, 0.3) is 11.3 Å². The van der Waals surface area contributed by atoms with Crippen molar-refractivity contribution in [3.63, 3.8) is 0 Å². The van der Waals surface area contributed by atoms with E-state index in [0.29, 0.717) is 30.8 Å². The molecule has 0 unspecified atom stereocenters. The number of rotatable bonds is 11. The molecule has 0 aliphatic carbocycles. The van der Waals surface area contributed by atoms with E-state index in [9.17, 15) is 18.8 Å². The van der Waals surface area contributed by atoms with Crippen molar-refractivity contribution in [2.45, 2.75) is 39.2 Å². The molecule has 2 aromatic carbocycles. The molecule has 1 aliphatic rings. The number of nitrogens with zero attached hydrogens (tertiary/aromatic N) is 3. The summed E-state index contributed by atoms with van der Waals surface area (Å²) in [6.07, 6.45) is -0.00560. The van der Waals surface area contributed by atoms with E-state index in [1.807, 2.05) is 30.3 Å². The summed E-state index contributed by atoms with van der Waals surface area (Å²) in [6.45, 7) is 2.55. The fourth-order valence-electron chi connectivity index (χ4n) is 4.50. The molecule has 3 aromatic rings. The molecule has 0 radical (unpaired) electrons. The van der Waals surface area contributed by atoms with Gasteiger partial charge in [0.2, 0.25) is 17.7 Å². The highest BCUT2D eigenvalue weighted by molar-refractivity contribution is 6.31. The smallest absolute Gasteiger partial charge is 0.414 e. The van der Waals surface area contributed by atoms with Gasteiger partial charge < -0.3 is 24.4 Å². The molecule has 1 aliphatic heterocycles. The van der Waals surface area contributed by atoms with Crippen LogP contribution in [0.3, 0.4) is 0 Å². The standard InChI is InChI=1S/C29H33ClFN5O5.CH4/c1-35(26(37)12-10-21-8-5-9-23(31)28(21)30)22(11-13-27(38)36-16-14-32-15-17-36)19-40-29(39)33-25-18-24(34-41-25)20-6-3-2-4-7-20;/h2-9,18,22,32H,10-17,19H2,1H3,(H,33,39);1H4/t22-;/m0./s1. The molecule has 1 fully saturated rings. The van der Waals surface area contributed by atoms with Crippen molar-refractivity contribution >= 4 is 35.4 Å². The fraction of sp³-hybridized carbons (Fsp3) is 0.400. The van der Waals surface area contributed by atoms with Gasteiger partial charge in [-0.1, -0.05) is 66.6 Å². The Morgan fingerprint density at radius 2 is 1.88 bits per heavy atom. The molecule has 2 N–H and O–H groups in total. The topological polar surface area (TPSA) is 117 Å². The SMILES string of the molecule is C.CN(C(=O)CCc1cccc(F)c1Cl)[C@@H](CCC(=O)N1CCNCC1)COC(=O)Nc1cc(-c2ccccc2)no1. The number of carbonyl (C=O) groups is 3. The maximum absolute atomic E-state index is 13.8. The van der Waals surface area contributed by atoms with Crippen LogP contribution >= 0.6 is 11.6 Å². The summed E-state index contributed by atoms with van der Waals surface area (Å²) < 4.78 is 24.4. The van der Waals surface area contributed by atoms with Crippen LogP contribution in [0.4, 0.5) is 15.1 Å². The molecule has 12 heteroatoms. The number of aryl methyl sites for hydroxylation is 1. The lowest BCUT2D eigenvalue weighted by atomic mass is 10.1. The number of piperazine rings is 1. The highest BCUT2D eigenvalue weighted by atomic mass is 35.5. The third kappa shape index (κ3) is 9.02. The highest BCUT2D eigenvalue weighted by Crippen LogP contribution is 2.23. The van der Waals surface area contributed by atoms with Crippen LogP contribution in [0.5, 0.6) is 0 Å². The molecular formula is C30H37ClFN5O5. The van der Waals surface area contributed by atoms with Crippen LogP contribution in [-0.4, -0.2) is 78.7 Å². The van der Waals surface area contributed by atoms with Crippen molar-refractivity contribution in [1.29, 1.82) is 0 Å². The zero-order chi connectivity index (χ0) is 29.2. The van der Waals surface area contributed by atoms with E-state index < -0.39 is 18.0 Å². The predicted octanol–water partition coefficient (Wildman–Crippen LogP) is 4.99. The van der Waals surface area contributed by atoms with E-state index in [4.69, 9.17) is 20.9 Å².